The summed E-state index contributed by atoms with van der Waals surface area (Å²) in [6.45, 7) is 0.813. The number of halogens is 1. The van der Waals surface area contributed by atoms with E-state index in [1.54, 1.807) is 30.3 Å². The number of aromatic amines is 1. The first-order valence-electron chi connectivity index (χ1n) is 13.5. The molecule has 10 heteroatoms. The first-order chi connectivity index (χ1) is 20.9. The van der Waals surface area contributed by atoms with Gasteiger partial charge in [-0.25, -0.2) is 14.4 Å². The molecular formula is C33H27FN6O3. The molecule has 0 unspecified atom stereocenters. The lowest BCUT2D eigenvalue weighted by Crippen LogP contribution is -2.27. The lowest BCUT2D eigenvalue weighted by atomic mass is 10.0. The second kappa shape index (κ2) is 11.7. The van der Waals surface area contributed by atoms with Crippen molar-refractivity contribution >= 4 is 22.6 Å². The number of aromatic nitrogens is 4. The Balaban J connectivity index is 1.21. The van der Waals surface area contributed by atoms with E-state index in [0.717, 1.165) is 23.1 Å². The number of fused-ring (bicyclic) bond motifs is 1. The Labute approximate surface area is 246 Å². The van der Waals surface area contributed by atoms with Crippen molar-refractivity contribution in [3.8, 4) is 28.4 Å². The zero-order chi connectivity index (χ0) is 29.9. The number of benzene rings is 3. The van der Waals surface area contributed by atoms with Crippen molar-refractivity contribution < 1.29 is 13.9 Å². The normalized spacial score (nSPS) is 11.2. The third-order valence-electron chi connectivity index (χ3n) is 6.80. The Morgan fingerprint density at radius 2 is 1.79 bits per heavy atom. The van der Waals surface area contributed by atoms with E-state index in [0.29, 0.717) is 28.7 Å². The van der Waals surface area contributed by atoms with E-state index in [9.17, 15) is 14.0 Å². The van der Waals surface area contributed by atoms with Crippen LogP contribution in [0.15, 0.2) is 108 Å². The summed E-state index contributed by atoms with van der Waals surface area (Å²) in [7, 11) is 4.06. The SMILES string of the molecule is CN(C)Cc1cccc(-c2c[nH]c3ncnc(Oc4ccc(NC(=O)c5cccn(-c6ccc(F)cc6)c5=O)cc4)c23)c1. The molecule has 214 valence electrons. The molecule has 3 aromatic carbocycles. The van der Waals surface area contributed by atoms with Crippen molar-refractivity contribution in [1.29, 1.82) is 0 Å². The van der Waals surface area contributed by atoms with Crippen molar-refractivity contribution in [2.45, 2.75) is 6.54 Å². The maximum Gasteiger partial charge on any atom is 0.267 e. The molecule has 3 heterocycles. The standard InChI is InChI=1S/C33H27FN6O3/c1-39(2)19-21-5-3-6-22(17-21)28-18-35-30-29(28)32(37-20-36-30)43-26-14-10-24(11-15-26)38-31(41)27-7-4-16-40(33(27)42)25-12-8-23(34)9-13-25/h3-18,20H,19H2,1-2H3,(H,38,41)(H,35,36,37). The Morgan fingerprint density at radius 1 is 1.00 bits per heavy atom. The van der Waals surface area contributed by atoms with E-state index in [4.69, 9.17) is 4.74 Å². The van der Waals surface area contributed by atoms with Gasteiger partial charge >= 0.3 is 0 Å². The van der Waals surface area contributed by atoms with Gasteiger partial charge in [0.25, 0.3) is 11.5 Å². The third kappa shape index (κ3) is 5.90. The maximum atomic E-state index is 13.3. The van der Waals surface area contributed by atoms with Crippen LogP contribution in [0.1, 0.15) is 15.9 Å². The third-order valence-corrected chi connectivity index (χ3v) is 6.80. The minimum absolute atomic E-state index is 0.0508. The van der Waals surface area contributed by atoms with E-state index < -0.39 is 17.3 Å². The zero-order valence-corrected chi connectivity index (χ0v) is 23.4. The van der Waals surface area contributed by atoms with E-state index in [-0.39, 0.29) is 5.56 Å². The molecular weight excluding hydrogens is 547 g/mol. The molecule has 0 aliphatic rings. The summed E-state index contributed by atoms with van der Waals surface area (Å²) in [4.78, 5) is 40.1. The summed E-state index contributed by atoms with van der Waals surface area (Å²) in [5.74, 6) is -0.0890. The van der Waals surface area contributed by atoms with Gasteiger partial charge in [0, 0.05) is 35.9 Å². The van der Waals surface area contributed by atoms with Gasteiger partial charge in [-0.3, -0.25) is 14.2 Å². The maximum absolute atomic E-state index is 13.3. The van der Waals surface area contributed by atoms with Crippen LogP contribution in [-0.4, -0.2) is 44.4 Å². The second-order valence-corrected chi connectivity index (χ2v) is 10.2. The van der Waals surface area contributed by atoms with Gasteiger partial charge in [-0.1, -0.05) is 18.2 Å². The molecule has 0 saturated heterocycles. The summed E-state index contributed by atoms with van der Waals surface area (Å²) < 4.78 is 20.8. The van der Waals surface area contributed by atoms with Gasteiger partial charge in [0.1, 0.15) is 29.1 Å². The van der Waals surface area contributed by atoms with Gasteiger partial charge in [-0.15, -0.1) is 0 Å². The van der Waals surface area contributed by atoms with Crippen molar-refractivity contribution in [2.75, 3.05) is 19.4 Å². The van der Waals surface area contributed by atoms with Crippen LogP contribution in [0.5, 0.6) is 11.6 Å². The number of amides is 1. The number of rotatable bonds is 8. The van der Waals surface area contributed by atoms with Crippen molar-refractivity contribution in [3.05, 3.63) is 131 Å². The van der Waals surface area contributed by atoms with E-state index >= 15 is 0 Å². The molecule has 43 heavy (non-hydrogen) atoms. The molecule has 0 aliphatic heterocycles. The first kappa shape index (κ1) is 27.6. The highest BCUT2D eigenvalue weighted by atomic mass is 19.1. The molecule has 0 spiro atoms. The lowest BCUT2D eigenvalue weighted by molar-refractivity contribution is 0.102. The molecule has 0 fully saturated rings. The summed E-state index contributed by atoms with van der Waals surface area (Å²) in [6.07, 6.45) is 4.86. The van der Waals surface area contributed by atoms with Gasteiger partial charge in [0.2, 0.25) is 5.88 Å². The number of anilines is 1. The first-order valence-corrected chi connectivity index (χ1v) is 13.5. The minimum atomic E-state index is -0.568. The summed E-state index contributed by atoms with van der Waals surface area (Å²) in [6, 6.07) is 23.5. The lowest BCUT2D eigenvalue weighted by Gasteiger charge is -2.12. The van der Waals surface area contributed by atoms with Crippen LogP contribution in [0.3, 0.4) is 0 Å². The number of pyridine rings is 1. The van der Waals surface area contributed by atoms with E-state index in [1.807, 2.05) is 32.4 Å². The van der Waals surface area contributed by atoms with Crippen molar-refractivity contribution in [2.24, 2.45) is 0 Å². The van der Waals surface area contributed by atoms with Crippen molar-refractivity contribution in [3.63, 3.8) is 0 Å². The number of nitrogens with zero attached hydrogens (tertiary/aromatic N) is 4. The minimum Gasteiger partial charge on any atom is -0.438 e. The van der Waals surface area contributed by atoms with Gasteiger partial charge in [0.15, 0.2) is 0 Å². The average Bonchev–Trinajstić information content (AvgIpc) is 3.44. The fourth-order valence-electron chi connectivity index (χ4n) is 4.83. The van der Waals surface area contributed by atoms with Gasteiger partial charge in [-0.05, 0) is 92.0 Å². The Hall–Kier alpha value is -5.61. The van der Waals surface area contributed by atoms with Gasteiger partial charge in [0.05, 0.1) is 5.39 Å². The van der Waals surface area contributed by atoms with Crippen LogP contribution in [0.4, 0.5) is 10.1 Å². The number of H-pyrrole nitrogens is 1. The van der Waals surface area contributed by atoms with E-state index in [2.05, 4.69) is 37.3 Å². The molecule has 3 aromatic heterocycles. The Morgan fingerprint density at radius 3 is 2.56 bits per heavy atom. The summed E-state index contributed by atoms with van der Waals surface area (Å²) >= 11 is 0. The number of hydrogen-bond acceptors (Lipinski definition) is 6. The van der Waals surface area contributed by atoms with Gasteiger partial charge in [-0.2, -0.15) is 0 Å². The smallest absolute Gasteiger partial charge is 0.267 e. The van der Waals surface area contributed by atoms with Crippen molar-refractivity contribution in [1.82, 2.24) is 24.4 Å². The molecule has 6 rings (SSSR count). The van der Waals surface area contributed by atoms with Gasteiger partial charge < -0.3 is 19.9 Å². The molecule has 9 nitrogen and oxygen atoms in total. The monoisotopic (exact) mass is 574 g/mol. The Bertz CT molecular complexity index is 1980. The molecule has 0 atom stereocenters. The predicted octanol–water partition coefficient (Wildman–Crippen LogP) is 6.02. The number of hydrogen-bond donors (Lipinski definition) is 2. The highest BCUT2D eigenvalue weighted by Gasteiger charge is 2.16. The average molecular weight is 575 g/mol. The summed E-state index contributed by atoms with van der Waals surface area (Å²) in [5, 5.41) is 3.50. The predicted molar refractivity (Wildman–Crippen MR) is 163 cm³/mol. The van der Waals surface area contributed by atoms with Crippen LogP contribution >= 0.6 is 0 Å². The fraction of sp³-hybridized carbons (Fsp3) is 0.0909. The molecule has 0 saturated carbocycles. The zero-order valence-electron chi connectivity index (χ0n) is 23.4. The number of carbonyl (C=O) groups excluding carboxylic acids is 1. The molecule has 0 bridgehead atoms. The number of nitrogens with one attached hydrogen (secondary N) is 2. The topological polar surface area (TPSA) is 105 Å². The number of ether oxygens (including phenoxy) is 1. The molecule has 2 N–H and O–H groups in total. The largest absolute Gasteiger partial charge is 0.438 e. The van der Waals surface area contributed by atoms with Crippen LogP contribution in [-0.2, 0) is 6.54 Å². The number of carbonyl (C=O) groups is 1. The summed E-state index contributed by atoms with van der Waals surface area (Å²) in [5.41, 5.74) is 4.12. The van der Waals surface area contributed by atoms with Crippen LogP contribution in [0.2, 0.25) is 0 Å². The highest BCUT2D eigenvalue weighted by Crippen LogP contribution is 2.35. The molecule has 6 aromatic rings. The van der Waals surface area contributed by atoms with Crippen LogP contribution in [0.25, 0.3) is 27.8 Å². The van der Waals surface area contributed by atoms with E-state index in [1.165, 1.54) is 53.0 Å². The quantitative estimate of drug-likeness (QED) is 0.230. The van der Waals surface area contributed by atoms with Crippen LogP contribution in [0, 0.1) is 5.82 Å². The van der Waals surface area contributed by atoms with Crippen LogP contribution < -0.4 is 15.6 Å². The molecule has 0 radical (unpaired) electrons. The highest BCUT2D eigenvalue weighted by molar-refractivity contribution is 6.04. The Kier molecular flexibility index (Phi) is 7.50. The fourth-order valence-corrected chi connectivity index (χ4v) is 4.83. The second-order valence-electron chi connectivity index (χ2n) is 10.2. The molecule has 0 aliphatic carbocycles. The molecule has 1 amide bonds.